The summed E-state index contributed by atoms with van der Waals surface area (Å²) in [5, 5.41) is 3.17. The Bertz CT molecular complexity index is 520. The molecule has 0 bridgehead atoms. The van der Waals surface area contributed by atoms with Crippen molar-refractivity contribution in [2.45, 2.75) is 51.0 Å². The molecule has 0 heterocycles. The fourth-order valence-electron chi connectivity index (χ4n) is 2.76. The predicted molar refractivity (Wildman–Crippen MR) is 85.9 cm³/mol. The topological polar surface area (TPSA) is 55.1 Å². The normalized spacial score (nSPS) is 16.2. The standard InChI is InChI=1S/C18H24N2O/c19-13-7-9-15-8-6-10-16(14-15)18(21)20-17-11-4-2-1-3-5-12-17/h6,8,10,14,17H,1-5,11-13,19H2,(H,20,21). The largest absolute Gasteiger partial charge is 0.349 e. The molecule has 1 aromatic rings. The molecule has 1 aliphatic rings. The second-order valence-corrected chi connectivity index (χ2v) is 5.60. The van der Waals surface area contributed by atoms with Crippen LogP contribution < -0.4 is 11.1 Å². The van der Waals surface area contributed by atoms with Gasteiger partial charge in [0.2, 0.25) is 0 Å². The molecule has 0 atom stereocenters. The minimum Gasteiger partial charge on any atom is -0.349 e. The summed E-state index contributed by atoms with van der Waals surface area (Å²) in [6, 6.07) is 7.76. The SMILES string of the molecule is NCC#Cc1cccc(C(=O)NC2CCCCCCC2)c1. The molecule has 1 aliphatic carbocycles. The van der Waals surface area contributed by atoms with Crippen LogP contribution in [0.4, 0.5) is 0 Å². The van der Waals surface area contributed by atoms with E-state index < -0.39 is 0 Å². The fraction of sp³-hybridized carbons (Fsp3) is 0.500. The average molecular weight is 284 g/mol. The number of carbonyl (C=O) groups excluding carboxylic acids is 1. The van der Waals surface area contributed by atoms with Gasteiger partial charge in [-0.1, -0.05) is 50.0 Å². The number of hydrogen-bond donors (Lipinski definition) is 2. The van der Waals surface area contributed by atoms with E-state index in [2.05, 4.69) is 17.2 Å². The molecular weight excluding hydrogens is 260 g/mol. The summed E-state index contributed by atoms with van der Waals surface area (Å²) in [5.41, 5.74) is 6.89. The summed E-state index contributed by atoms with van der Waals surface area (Å²) in [4.78, 5) is 12.4. The van der Waals surface area contributed by atoms with Crippen LogP contribution in [0.3, 0.4) is 0 Å². The van der Waals surface area contributed by atoms with Crippen molar-refractivity contribution < 1.29 is 4.79 Å². The fourth-order valence-corrected chi connectivity index (χ4v) is 2.76. The van der Waals surface area contributed by atoms with E-state index in [4.69, 9.17) is 5.73 Å². The van der Waals surface area contributed by atoms with Crippen LogP contribution >= 0.6 is 0 Å². The number of carbonyl (C=O) groups is 1. The van der Waals surface area contributed by atoms with Gasteiger partial charge in [-0.15, -0.1) is 0 Å². The second-order valence-electron chi connectivity index (χ2n) is 5.60. The highest BCUT2D eigenvalue weighted by atomic mass is 16.1. The lowest BCUT2D eigenvalue weighted by molar-refractivity contribution is 0.0930. The molecule has 1 aromatic carbocycles. The minimum atomic E-state index is 0.0111. The Hall–Kier alpha value is -1.79. The van der Waals surface area contributed by atoms with Gasteiger partial charge >= 0.3 is 0 Å². The van der Waals surface area contributed by atoms with E-state index in [0.717, 1.165) is 18.4 Å². The molecule has 1 amide bonds. The third-order valence-corrected chi connectivity index (χ3v) is 3.90. The Morgan fingerprint density at radius 2 is 1.90 bits per heavy atom. The molecule has 3 nitrogen and oxygen atoms in total. The zero-order valence-electron chi connectivity index (χ0n) is 12.5. The van der Waals surface area contributed by atoms with E-state index in [1.165, 1.54) is 32.1 Å². The number of amides is 1. The van der Waals surface area contributed by atoms with E-state index >= 15 is 0 Å². The molecule has 2 rings (SSSR count). The van der Waals surface area contributed by atoms with Crippen LogP contribution in [-0.2, 0) is 0 Å². The van der Waals surface area contributed by atoms with Crippen molar-refractivity contribution in [1.82, 2.24) is 5.32 Å². The molecule has 0 radical (unpaired) electrons. The van der Waals surface area contributed by atoms with Gasteiger partial charge in [0.05, 0.1) is 6.54 Å². The summed E-state index contributed by atoms with van der Waals surface area (Å²) >= 11 is 0. The number of hydrogen-bond acceptors (Lipinski definition) is 2. The first kappa shape index (κ1) is 15.6. The van der Waals surface area contributed by atoms with Crippen molar-refractivity contribution in [3.8, 4) is 11.8 Å². The minimum absolute atomic E-state index is 0.0111. The van der Waals surface area contributed by atoms with Gasteiger partial charge < -0.3 is 11.1 Å². The van der Waals surface area contributed by atoms with Crippen molar-refractivity contribution in [2.24, 2.45) is 5.73 Å². The zero-order valence-corrected chi connectivity index (χ0v) is 12.5. The van der Waals surface area contributed by atoms with E-state index in [-0.39, 0.29) is 5.91 Å². The van der Waals surface area contributed by atoms with Gasteiger partial charge in [0.1, 0.15) is 0 Å². The van der Waals surface area contributed by atoms with Crippen LogP contribution in [0.5, 0.6) is 0 Å². The first-order chi connectivity index (χ1) is 10.3. The lowest BCUT2D eigenvalue weighted by atomic mass is 9.96. The third kappa shape index (κ3) is 5.24. The summed E-state index contributed by atoms with van der Waals surface area (Å²) in [5.74, 6) is 5.79. The maximum atomic E-state index is 12.4. The average Bonchev–Trinajstić information content (AvgIpc) is 2.48. The van der Waals surface area contributed by atoms with Crippen LogP contribution in [0.25, 0.3) is 0 Å². The smallest absolute Gasteiger partial charge is 0.251 e. The zero-order chi connectivity index (χ0) is 14.9. The summed E-state index contributed by atoms with van der Waals surface area (Å²) in [7, 11) is 0. The Kier molecular flexibility index (Phi) is 6.30. The number of benzene rings is 1. The molecule has 0 saturated heterocycles. The lowest BCUT2D eigenvalue weighted by Crippen LogP contribution is -2.35. The van der Waals surface area contributed by atoms with Gasteiger partial charge in [0, 0.05) is 17.2 Å². The summed E-state index contributed by atoms with van der Waals surface area (Å²) < 4.78 is 0. The molecule has 0 aliphatic heterocycles. The molecule has 0 aromatic heterocycles. The Morgan fingerprint density at radius 1 is 1.19 bits per heavy atom. The van der Waals surface area contributed by atoms with Crippen LogP contribution in [0.2, 0.25) is 0 Å². The first-order valence-electron chi connectivity index (χ1n) is 7.89. The van der Waals surface area contributed by atoms with Crippen LogP contribution in [-0.4, -0.2) is 18.5 Å². The van der Waals surface area contributed by atoms with E-state index in [9.17, 15) is 4.79 Å². The van der Waals surface area contributed by atoms with Crippen molar-refractivity contribution in [3.63, 3.8) is 0 Å². The summed E-state index contributed by atoms with van der Waals surface area (Å²) in [6.45, 7) is 0.332. The molecule has 1 fully saturated rings. The quantitative estimate of drug-likeness (QED) is 0.821. The maximum absolute atomic E-state index is 12.4. The van der Waals surface area contributed by atoms with Crippen molar-refractivity contribution in [1.29, 1.82) is 0 Å². The monoisotopic (exact) mass is 284 g/mol. The van der Waals surface area contributed by atoms with Crippen LogP contribution in [0.1, 0.15) is 60.9 Å². The molecule has 112 valence electrons. The molecule has 0 spiro atoms. The molecule has 3 heteroatoms. The Balaban J connectivity index is 1.98. The van der Waals surface area contributed by atoms with Crippen molar-refractivity contribution in [2.75, 3.05) is 6.54 Å². The molecule has 1 saturated carbocycles. The maximum Gasteiger partial charge on any atom is 0.251 e. The number of nitrogens with two attached hydrogens (primary N) is 1. The van der Waals surface area contributed by atoms with E-state index in [1.54, 1.807) is 0 Å². The molecular formula is C18H24N2O. The lowest BCUT2D eigenvalue weighted by Gasteiger charge is -2.21. The van der Waals surface area contributed by atoms with Gasteiger partial charge in [-0.3, -0.25) is 4.79 Å². The molecule has 0 unspecified atom stereocenters. The third-order valence-electron chi connectivity index (χ3n) is 3.90. The molecule has 3 N–H and O–H groups in total. The van der Waals surface area contributed by atoms with Crippen LogP contribution in [0.15, 0.2) is 24.3 Å². The van der Waals surface area contributed by atoms with Gasteiger partial charge in [-0.2, -0.15) is 0 Å². The predicted octanol–water partition coefficient (Wildman–Crippen LogP) is 2.84. The second kappa shape index (κ2) is 8.49. The van der Waals surface area contributed by atoms with Crippen molar-refractivity contribution >= 4 is 5.91 Å². The first-order valence-corrected chi connectivity index (χ1v) is 7.89. The van der Waals surface area contributed by atoms with E-state index in [1.807, 2.05) is 24.3 Å². The Labute approximate surface area is 127 Å². The summed E-state index contributed by atoms with van der Waals surface area (Å²) in [6.07, 6.45) is 8.53. The van der Waals surface area contributed by atoms with Gasteiger partial charge in [-0.05, 0) is 31.0 Å². The van der Waals surface area contributed by atoms with Crippen LogP contribution in [0, 0.1) is 11.8 Å². The van der Waals surface area contributed by atoms with Gasteiger partial charge in [0.15, 0.2) is 0 Å². The highest BCUT2D eigenvalue weighted by Crippen LogP contribution is 2.17. The van der Waals surface area contributed by atoms with E-state index in [0.29, 0.717) is 18.2 Å². The van der Waals surface area contributed by atoms with Gasteiger partial charge in [-0.25, -0.2) is 0 Å². The van der Waals surface area contributed by atoms with Crippen molar-refractivity contribution in [3.05, 3.63) is 35.4 Å². The Morgan fingerprint density at radius 3 is 2.62 bits per heavy atom. The highest BCUT2D eigenvalue weighted by Gasteiger charge is 2.15. The number of nitrogens with one attached hydrogen (secondary N) is 1. The number of rotatable bonds is 2. The highest BCUT2D eigenvalue weighted by molar-refractivity contribution is 5.94. The molecule has 21 heavy (non-hydrogen) atoms. The van der Waals surface area contributed by atoms with Gasteiger partial charge in [0.25, 0.3) is 5.91 Å².